The SMILES string of the molecule is CCn1c(=O)sc2cc(NC(=O)CN(Cc3ccccc3)S(C)(=O)=O)ccc21. The van der Waals surface area contributed by atoms with Gasteiger partial charge in [0.05, 0.1) is 23.0 Å². The molecule has 148 valence electrons. The first kappa shape index (κ1) is 20.2. The van der Waals surface area contributed by atoms with Gasteiger partial charge in [-0.05, 0) is 30.7 Å². The van der Waals surface area contributed by atoms with Gasteiger partial charge in [-0.15, -0.1) is 0 Å². The topological polar surface area (TPSA) is 88.5 Å². The first-order valence-electron chi connectivity index (χ1n) is 8.70. The molecule has 0 aliphatic rings. The highest BCUT2D eigenvalue weighted by molar-refractivity contribution is 7.88. The van der Waals surface area contributed by atoms with Crippen LogP contribution in [0.2, 0.25) is 0 Å². The second kappa shape index (κ2) is 8.26. The van der Waals surface area contributed by atoms with Crippen molar-refractivity contribution in [3.8, 4) is 0 Å². The van der Waals surface area contributed by atoms with Crippen molar-refractivity contribution >= 4 is 43.2 Å². The molecular weight excluding hydrogens is 398 g/mol. The van der Waals surface area contributed by atoms with Crippen molar-refractivity contribution in [2.75, 3.05) is 18.1 Å². The summed E-state index contributed by atoms with van der Waals surface area (Å²) in [5.74, 6) is -0.442. The minimum atomic E-state index is -3.56. The molecule has 0 saturated heterocycles. The van der Waals surface area contributed by atoms with Gasteiger partial charge in [-0.2, -0.15) is 4.31 Å². The third kappa shape index (κ3) is 4.67. The van der Waals surface area contributed by atoms with E-state index in [2.05, 4.69) is 5.32 Å². The summed E-state index contributed by atoms with van der Waals surface area (Å²) in [6.07, 6.45) is 1.08. The number of aromatic nitrogens is 1. The molecular formula is C19H21N3O4S2. The van der Waals surface area contributed by atoms with Crippen LogP contribution < -0.4 is 10.2 Å². The molecule has 3 rings (SSSR count). The number of sulfonamides is 1. The van der Waals surface area contributed by atoms with Gasteiger partial charge in [0.2, 0.25) is 15.9 Å². The molecule has 0 unspecified atom stereocenters. The molecule has 9 heteroatoms. The Kier molecular flexibility index (Phi) is 5.97. The lowest BCUT2D eigenvalue weighted by molar-refractivity contribution is -0.116. The highest BCUT2D eigenvalue weighted by Crippen LogP contribution is 2.22. The van der Waals surface area contributed by atoms with Crippen LogP contribution in [0, 0.1) is 0 Å². The van der Waals surface area contributed by atoms with E-state index in [4.69, 9.17) is 0 Å². The summed E-state index contributed by atoms with van der Waals surface area (Å²) < 4.78 is 27.7. The molecule has 1 aromatic heterocycles. The molecule has 0 aliphatic heterocycles. The third-order valence-electron chi connectivity index (χ3n) is 4.26. The number of amides is 1. The van der Waals surface area contributed by atoms with Crippen molar-refractivity contribution < 1.29 is 13.2 Å². The molecule has 1 amide bonds. The van der Waals surface area contributed by atoms with E-state index in [1.54, 1.807) is 22.8 Å². The molecule has 2 aromatic carbocycles. The van der Waals surface area contributed by atoms with Gasteiger partial charge in [-0.25, -0.2) is 8.42 Å². The summed E-state index contributed by atoms with van der Waals surface area (Å²) in [6, 6.07) is 14.3. The standard InChI is InChI=1S/C19H21N3O4S2/c1-3-22-16-10-9-15(11-17(16)27-19(22)24)20-18(23)13-21(28(2,25)26)12-14-7-5-4-6-8-14/h4-11H,3,12-13H2,1-2H3,(H,20,23). The number of nitrogens with one attached hydrogen (secondary N) is 1. The second-order valence-corrected chi connectivity index (χ2v) is 9.34. The summed E-state index contributed by atoms with van der Waals surface area (Å²) in [6.45, 7) is 2.30. The first-order chi connectivity index (χ1) is 13.3. The van der Waals surface area contributed by atoms with Crippen molar-refractivity contribution in [2.24, 2.45) is 0 Å². The van der Waals surface area contributed by atoms with Crippen molar-refractivity contribution in [3.05, 3.63) is 63.8 Å². The van der Waals surface area contributed by atoms with E-state index in [9.17, 15) is 18.0 Å². The Morgan fingerprint density at radius 3 is 2.54 bits per heavy atom. The zero-order valence-corrected chi connectivity index (χ0v) is 17.2. The summed E-state index contributed by atoms with van der Waals surface area (Å²) in [5, 5.41) is 2.72. The van der Waals surface area contributed by atoms with Crippen molar-refractivity contribution in [1.82, 2.24) is 8.87 Å². The van der Waals surface area contributed by atoms with Crippen molar-refractivity contribution in [2.45, 2.75) is 20.0 Å². The zero-order chi connectivity index (χ0) is 20.3. The van der Waals surface area contributed by atoms with Crippen LogP contribution in [-0.2, 0) is 27.9 Å². The fraction of sp³-hybridized carbons (Fsp3) is 0.263. The van der Waals surface area contributed by atoms with Gasteiger partial charge in [-0.3, -0.25) is 14.2 Å². The summed E-state index contributed by atoms with van der Waals surface area (Å²) in [4.78, 5) is 24.3. The minimum Gasteiger partial charge on any atom is -0.325 e. The van der Waals surface area contributed by atoms with E-state index in [0.717, 1.165) is 37.7 Å². The zero-order valence-electron chi connectivity index (χ0n) is 15.6. The lowest BCUT2D eigenvalue weighted by atomic mass is 10.2. The quantitative estimate of drug-likeness (QED) is 0.637. The van der Waals surface area contributed by atoms with Gasteiger partial charge < -0.3 is 5.32 Å². The number of hydrogen-bond donors (Lipinski definition) is 1. The number of aryl methyl sites for hydroxylation is 1. The highest BCUT2D eigenvalue weighted by Gasteiger charge is 2.20. The van der Waals surface area contributed by atoms with Gasteiger partial charge in [0.25, 0.3) is 0 Å². The van der Waals surface area contributed by atoms with Crippen LogP contribution in [0.1, 0.15) is 12.5 Å². The number of anilines is 1. The number of carbonyl (C=O) groups excluding carboxylic acids is 1. The van der Waals surface area contributed by atoms with Crippen LogP contribution in [0.3, 0.4) is 0 Å². The lowest BCUT2D eigenvalue weighted by Crippen LogP contribution is -2.36. The van der Waals surface area contributed by atoms with Crippen LogP contribution in [0.15, 0.2) is 53.3 Å². The van der Waals surface area contributed by atoms with Crippen LogP contribution in [0.25, 0.3) is 10.2 Å². The van der Waals surface area contributed by atoms with Gasteiger partial charge in [-0.1, -0.05) is 41.7 Å². The lowest BCUT2D eigenvalue weighted by Gasteiger charge is -2.19. The maximum atomic E-state index is 12.4. The average Bonchev–Trinajstić information content (AvgIpc) is 2.95. The number of nitrogens with zero attached hydrogens (tertiary/aromatic N) is 2. The molecule has 28 heavy (non-hydrogen) atoms. The molecule has 0 atom stereocenters. The number of benzene rings is 2. The molecule has 1 heterocycles. The van der Waals surface area contributed by atoms with Crippen molar-refractivity contribution in [3.63, 3.8) is 0 Å². The molecule has 0 radical (unpaired) electrons. The Morgan fingerprint density at radius 1 is 1.18 bits per heavy atom. The van der Waals surface area contributed by atoms with E-state index in [1.807, 2.05) is 37.3 Å². The number of fused-ring (bicyclic) bond motifs is 1. The van der Waals surface area contributed by atoms with Crippen LogP contribution >= 0.6 is 11.3 Å². The maximum absolute atomic E-state index is 12.4. The van der Waals surface area contributed by atoms with E-state index < -0.39 is 15.9 Å². The summed E-state index contributed by atoms with van der Waals surface area (Å²) in [5.41, 5.74) is 2.14. The first-order valence-corrected chi connectivity index (χ1v) is 11.4. The van der Waals surface area contributed by atoms with E-state index in [-0.39, 0.29) is 18.0 Å². The summed E-state index contributed by atoms with van der Waals surface area (Å²) >= 11 is 1.11. The molecule has 0 spiro atoms. The van der Waals surface area contributed by atoms with Crippen molar-refractivity contribution in [1.29, 1.82) is 0 Å². The van der Waals surface area contributed by atoms with Gasteiger partial charge in [0.15, 0.2) is 0 Å². The molecule has 0 bridgehead atoms. The number of rotatable bonds is 7. The Labute approximate surface area is 167 Å². The Bertz CT molecular complexity index is 1150. The van der Waals surface area contributed by atoms with Gasteiger partial charge in [0, 0.05) is 18.8 Å². The van der Waals surface area contributed by atoms with Gasteiger partial charge in [0.1, 0.15) is 0 Å². The predicted molar refractivity (Wildman–Crippen MR) is 112 cm³/mol. The van der Waals surface area contributed by atoms with Crippen LogP contribution in [0.4, 0.5) is 5.69 Å². The predicted octanol–water partition coefficient (Wildman–Crippen LogP) is 2.48. The minimum absolute atomic E-state index is 0.0490. The fourth-order valence-corrected chi connectivity index (χ4v) is 4.61. The molecule has 0 saturated carbocycles. The Morgan fingerprint density at radius 2 is 1.89 bits per heavy atom. The monoisotopic (exact) mass is 419 g/mol. The van der Waals surface area contributed by atoms with E-state index in [1.165, 1.54) is 0 Å². The molecule has 3 aromatic rings. The highest BCUT2D eigenvalue weighted by atomic mass is 32.2. The molecule has 1 N–H and O–H groups in total. The Balaban J connectivity index is 1.75. The Hall–Kier alpha value is -2.49. The second-order valence-electron chi connectivity index (χ2n) is 6.36. The van der Waals surface area contributed by atoms with E-state index in [0.29, 0.717) is 12.2 Å². The largest absolute Gasteiger partial charge is 0.325 e. The number of thiazole rings is 1. The summed E-state index contributed by atoms with van der Waals surface area (Å²) in [7, 11) is -3.56. The van der Waals surface area contributed by atoms with E-state index >= 15 is 0 Å². The number of hydrogen-bond acceptors (Lipinski definition) is 5. The normalized spacial score (nSPS) is 11.8. The molecule has 0 fully saturated rings. The molecule has 0 aliphatic carbocycles. The van der Waals surface area contributed by atoms with Crippen LogP contribution in [-0.4, -0.2) is 36.0 Å². The van der Waals surface area contributed by atoms with Crippen LogP contribution in [0.5, 0.6) is 0 Å². The maximum Gasteiger partial charge on any atom is 0.308 e. The smallest absolute Gasteiger partial charge is 0.308 e. The number of carbonyl (C=O) groups is 1. The third-order valence-corrected chi connectivity index (χ3v) is 6.40. The fourth-order valence-electron chi connectivity index (χ4n) is 2.88. The molecule has 7 nitrogen and oxygen atoms in total. The van der Waals surface area contributed by atoms with Gasteiger partial charge >= 0.3 is 4.87 Å². The average molecular weight is 420 g/mol.